The van der Waals surface area contributed by atoms with E-state index in [4.69, 9.17) is 0 Å². The number of piperidine rings is 1. The van der Waals surface area contributed by atoms with Gasteiger partial charge >= 0.3 is 11.8 Å². The highest BCUT2D eigenvalue weighted by Crippen LogP contribution is 2.32. The van der Waals surface area contributed by atoms with Gasteiger partial charge in [0.2, 0.25) is 0 Å². The lowest BCUT2D eigenvalue weighted by molar-refractivity contribution is -0.139. The van der Waals surface area contributed by atoms with Gasteiger partial charge in [-0.2, -0.15) is 0 Å². The summed E-state index contributed by atoms with van der Waals surface area (Å²) in [7, 11) is 2.13. The first-order chi connectivity index (χ1) is 14.6. The van der Waals surface area contributed by atoms with Crippen LogP contribution in [0.3, 0.4) is 0 Å². The molecule has 1 aromatic heterocycles. The van der Waals surface area contributed by atoms with Gasteiger partial charge in [-0.15, -0.1) is 11.3 Å². The molecule has 1 saturated heterocycles. The summed E-state index contributed by atoms with van der Waals surface area (Å²) in [6.07, 6.45) is 4.68. The zero-order valence-electron chi connectivity index (χ0n) is 17.5. The number of benzene rings is 1. The van der Waals surface area contributed by atoms with E-state index >= 15 is 0 Å². The molecule has 0 unspecified atom stereocenters. The van der Waals surface area contributed by atoms with Crippen molar-refractivity contribution < 1.29 is 9.59 Å². The number of hydrogen-bond acceptors (Lipinski definition) is 5. The first-order valence-corrected chi connectivity index (χ1v) is 11.7. The van der Waals surface area contributed by atoms with E-state index in [1.54, 1.807) is 11.3 Å². The van der Waals surface area contributed by atoms with E-state index in [-0.39, 0.29) is 6.04 Å². The molecule has 3 heterocycles. The molecule has 0 aliphatic carbocycles. The number of carbonyl (C=O) groups is 2. The molecule has 6 nitrogen and oxygen atoms in total. The number of hydrogen-bond donors (Lipinski definition) is 2. The van der Waals surface area contributed by atoms with Crippen molar-refractivity contribution >= 4 is 28.8 Å². The molecule has 30 heavy (non-hydrogen) atoms. The Hall–Kier alpha value is -2.38. The molecule has 1 fully saturated rings. The van der Waals surface area contributed by atoms with Gasteiger partial charge in [0.05, 0.1) is 12.6 Å². The highest BCUT2D eigenvalue weighted by Gasteiger charge is 2.26. The molecule has 2 N–H and O–H groups in total. The maximum Gasteiger partial charge on any atom is 0.309 e. The van der Waals surface area contributed by atoms with Crippen LogP contribution in [-0.4, -0.2) is 49.9 Å². The first-order valence-electron chi connectivity index (χ1n) is 10.8. The van der Waals surface area contributed by atoms with Crippen molar-refractivity contribution in [1.29, 1.82) is 0 Å². The van der Waals surface area contributed by atoms with Gasteiger partial charge < -0.3 is 15.5 Å². The summed E-state index contributed by atoms with van der Waals surface area (Å²) in [5.74, 6) is -1.13. The molecule has 7 heteroatoms. The molecule has 2 aliphatic rings. The van der Waals surface area contributed by atoms with Crippen molar-refractivity contribution in [2.24, 2.45) is 0 Å². The molecule has 1 aromatic carbocycles. The average Bonchev–Trinajstić information content (AvgIpc) is 3.42. The van der Waals surface area contributed by atoms with Crippen LogP contribution in [-0.2, 0) is 22.6 Å². The zero-order valence-corrected chi connectivity index (χ0v) is 18.3. The lowest BCUT2D eigenvalue weighted by atomic mass is 9.98. The highest BCUT2D eigenvalue weighted by molar-refractivity contribution is 7.09. The fraction of sp³-hybridized carbons (Fsp3) is 0.478. The van der Waals surface area contributed by atoms with Gasteiger partial charge in [-0.3, -0.25) is 14.5 Å². The van der Waals surface area contributed by atoms with Crippen LogP contribution in [0.1, 0.15) is 41.3 Å². The normalized spacial score (nSPS) is 17.4. The summed E-state index contributed by atoms with van der Waals surface area (Å²) in [4.78, 5) is 30.4. The van der Waals surface area contributed by atoms with Gasteiger partial charge in [-0.05, 0) is 61.0 Å². The van der Waals surface area contributed by atoms with Gasteiger partial charge in [0.25, 0.3) is 0 Å². The summed E-state index contributed by atoms with van der Waals surface area (Å²) < 4.78 is 0. The monoisotopic (exact) mass is 426 g/mol. The van der Waals surface area contributed by atoms with Crippen molar-refractivity contribution in [2.75, 3.05) is 38.1 Å². The second-order valence-electron chi connectivity index (χ2n) is 8.14. The number of nitrogens with one attached hydrogen (secondary N) is 2. The maximum absolute atomic E-state index is 12.4. The summed E-state index contributed by atoms with van der Waals surface area (Å²) in [5.41, 5.74) is 3.90. The first kappa shape index (κ1) is 20.9. The standard InChI is InChI=1S/C23H30N4O2S/c1-26-12-9-18-14-17(7-8-20(18)26)21(27-10-3-2-4-11-27)16-25-23(29)22(28)24-15-19-6-5-13-30-19/h5-8,13-14,21H,2-4,9-12,15-16H2,1H3,(H,24,28)(H,25,29)/t21-/m0/s1. The molecule has 2 aromatic rings. The Balaban J connectivity index is 1.41. The predicted octanol–water partition coefficient (Wildman–Crippen LogP) is 2.70. The fourth-order valence-electron chi connectivity index (χ4n) is 4.41. The third kappa shape index (κ3) is 4.84. The van der Waals surface area contributed by atoms with E-state index in [0.29, 0.717) is 13.1 Å². The Bertz CT molecular complexity index is 877. The van der Waals surface area contributed by atoms with Crippen molar-refractivity contribution in [3.05, 3.63) is 51.7 Å². The number of nitrogens with zero attached hydrogens (tertiary/aromatic N) is 2. The molecule has 0 saturated carbocycles. The molecular formula is C23H30N4O2S. The van der Waals surface area contributed by atoms with E-state index in [1.807, 2.05) is 17.5 Å². The van der Waals surface area contributed by atoms with E-state index in [0.717, 1.165) is 30.9 Å². The minimum absolute atomic E-state index is 0.0931. The Kier molecular flexibility index (Phi) is 6.69. The topological polar surface area (TPSA) is 64.7 Å². The molecule has 4 rings (SSSR count). The van der Waals surface area contributed by atoms with Crippen molar-refractivity contribution in [2.45, 2.75) is 38.3 Å². The SMILES string of the molecule is CN1CCc2cc([C@H](CNC(=O)C(=O)NCc3cccs3)N3CCCCC3)ccc21. The van der Waals surface area contributed by atoms with Crippen molar-refractivity contribution in [3.63, 3.8) is 0 Å². The van der Waals surface area contributed by atoms with Crippen molar-refractivity contribution in [1.82, 2.24) is 15.5 Å². The Morgan fingerprint density at radius 2 is 1.87 bits per heavy atom. The zero-order chi connectivity index (χ0) is 20.9. The van der Waals surface area contributed by atoms with E-state index < -0.39 is 11.8 Å². The molecule has 0 bridgehead atoms. The average molecular weight is 427 g/mol. The molecule has 1 atom stereocenters. The molecule has 2 aliphatic heterocycles. The van der Waals surface area contributed by atoms with Crippen molar-refractivity contribution in [3.8, 4) is 0 Å². The number of rotatable bonds is 6. The largest absolute Gasteiger partial charge is 0.374 e. The lowest BCUT2D eigenvalue weighted by Crippen LogP contribution is -2.45. The van der Waals surface area contributed by atoms with Crippen LogP contribution in [0.2, 0.25) is 0 Å². The van der Waals surface area contributed by atoms with Gasteiger partial charge in [0.1, 0.15) is 0 Å². The van der Waals surface area contributed by atoms with Crippen LogP contribution in [0, 0.1) is 0 Å². The number of fused-ring (bicyclic) bond motifs is 1. The number of likely N-dealkylation sites (tertiary alicyclic amines) is 1. The summed E-state index contributed by atoms with van der Waals surface area (Å²) >= 11 is 1.56. The van der Waals surface area contributed by atoms with E-state index in [2.05, 4.69) is 45.7 Å². The van der Waals surface area contributed by atoms with Crippen LogP contribution in [0.25, 0.3) is 0 Å². The van der Waals surface area contributed by atoms with Gasteiger partial charge in [-0.25, -0.2) is 0 Å². The molecule has 160 valence electrons. The fourth-order valence-corrected chi connectivity index (χ4v) is 5.06. The molecular weight excluding hydrogens is 396 g/mol. The van der Waals surface area contributed by atoms with Crippen LogP contribution < -0.4 is 15.5 Å². The second kappa shape index (κ2) is 9.62. The highest BCUT2D eigenvalue weighted by atomic mass is 32.1. The Labute approximate surface area is 182 Å². The minimum Gasteiger partial charge on any atom is -0.374 e. The Morgan fingerprint density at radius 3 is 2.63 bits per heavy atom. The number of carbonyl (C=O) groups excluding carboxylic acids is 2. The lowest BCUT2D eigenvalue weighted by Gasteiger charge is -2.35. The molecule has 2 amide bonds. The maximum atomic E-state index is 12.4. The summed E-state index contributed by atoms with van der Waals surface area (Å²) in [6, 6.07) is 10.6. The smallest absolute Gasteiger partial charge is 0.309 e. The summed E-state index contributed by atoms with van der Waals surface area (Å²) in [5, 5.41) is 7.55. The third-order valence-electron chi connectivity index (χ3n) is 6.11. The Morgan fingerprint density at radius 1 is 1.07 bits per heavy atom. The molecule has 0 spiro atoms. The molecule has 0 radical (unpaired) electrons. The minimum atomic E-state index is -0.573. The van der Waals surface area contributed by atoms with Crippen LogP contribution in [0.4, 0.5) is 5.69 Å². The third-order valence-corrected chi connectivity index (χ3v) is 6.99. The quantitative estimate of drug-likeness (QED) is 0.697. The number of thiophene rings is 1. The van der Waals surface area contributed by atoms with Crippen LogP contribution >= 0.6 is 11.3 Å². The second-order valence-corrected chi connectivity index (χ2v) is 9.18. The number of anilines is 1. The van der Waals surface area contributed by atoms with Gasteiger partial charge in [0, 0.05) is 30.7 Å². The number of amides is 2. The van der Waals surface area contributed by atoms with Gasteiger partial charge in [0.15, 0.2) is 0 Å². The summed E-state index contributed by atoms with van der Waals surface area (Å²) in [6.45, 7) is 3.94. The van der Waals surface area contributed by atoms with Gasteiger partial charge in [-0.1, -0.05) is 24.6 Å². The van der Waals surface area contributed by atoms with Crippen LogP contribution in [0.15, 0.2) is 35.7 Å². The van der Waals surface area contributed by atoms with Crippen LogP contribution in [0.5, 0.6) is 0 Å². The number of likely N-dealkylation sites (N-methyl/N-ethyl adjacent to an activating group) is 1. The van der Waals surface area contributed by atoms with E-state index in [1.165, 1.54) is 36.1 Å². The van der Waals surface area contributed by atoms with E-state index in [9.17, 15) is 9.59 Å². The predicted molar refractivity (Wildman–Crippen MR) is 121 cm³/mol.